The SMILES string of the molecule is O=S(=O)(Cc1ccccc1Cl)c1snnc1-c1ccccc1. The molecule has 0 spiro atoms. The van der Waals surface area contributed by atoms with Gasteiger partial charge in [0.25, 0.3) is 0 Å². The smallest absolute Gasteiger partial charge is 0.195 e. The van der Waals surface area contributed by atoms with E-state index >= 15 is 0 Å². The first-order valence-electron chi connectivity index (χ1n) is 6.42. The maximum Gasteiger partial charge on any atom is 0.195 e. The highest BCUT2D eigenvalue weighted by atomic mass is 35.5. The molecule has 7 heteroatoms. The molecule has 0 radical (unpaired) electrons. The molecule has 3 rings (SSSR count). The Labute approximate surface area is 137 Å². The molecular weight excluding hydrogens is 340 g/mol. The molecule has 0 unspecified atom stereocenters. The van der Waals surface area contributed by atoms with Gasteiger partial charge in [0.05, 0.1) is 5.75 Å². The summed E-state index contributed by atoms with van der Waals surface area (Å²) in [6.45, 7) is 0. The lowest BCUT2D eigenvalue weighted by Crippen LogP contribution is -2.05. The number of nitrogens with zero attached hydrogens (tertiary/aromatic N) is 2. The maximum absolute atomic E-state index is 12.7. The third-order valence-corrected chi connectivity index (χ3v) is 6.42. The predicted molar refractivity (Wildman–Crippen MR) is 87.7 cm³/mol. The van der Waals surface area contributed by atoms with Crippen molar-refractivity contribution < 1.29 is 8.42 Å². The van der Waals surface area contributed by atoms with Crippen LogP contribution in [-0.2, 0) is 15.6 Å². The number of rotatable bonds is 4. The number of hydrogen-bond acceptors (Lipinski definition) is 5. The van der Waals surface area contributed by atoms with Crippen molar-refractivity contribution in [2.45, 2.75) is 9.96 Å². The molecule has 0 N–H and O–H groups in total. The zero-order chi connectivity index (χ0) is 15.6. The summed E-state index contributed by atoms with van der Waals surface area (Å²) >= 11 is 6.94. The zero-order valence-corrected chi connectivity index (χ0v) is 13.7. The summed E-state index contributed by atoms with van der Waals surface area (Å²) in [5.74, 6) is -0.170. The molecule has 0 bridgehead atoms. The van der Waals surface area contributed by atoms with Crippen LogP contribution in [0.15, 0.2) is 58.8 Å². The van der Waals surface area contributed by atoms with E-state index in [2.05, 4.69) is 9.59 Å². The fourth-order valence-electron chi connectivity index (χ4n) is 2.04. The summed E-state index contributed by atoms with van der Waals surface area (Å²) in [7, 11) is -3.56. The molecule has 1 heterocycles. The summed E-state index contributed by atoms with van der Waals surface area (Å²) in [5, 5.41) is 4.41. The van der Waals surface area contributed by atoms with Crippen molar-refractivity contribution in [3.8, 4) is 11.3 Å². The van der Waals surface area contributed by atoms with E-state index in [-0.39, 0.29) is 9.96 Å². The highest BCUT2D eigenvalue weighted by Crippen LogP contribution is 2.31. The summed E-state index contributed by atoms with van der Waals surface area (Å²) in [6, 6.07) is 16.1. The molecular formula is C15H11ClN2O2S2. The molecule has 1 aromatic heterocycles. The van der Waals surface area contributed by atoms with Gasteiger partial charge in [-0.25, -0.2) is 8.42 Å². The van der Waals surface area contributed by atoms with Crippen molar-refractivity contribution in [3.05, 3.63) is 65.2 Å². The lowest BCUT2D eigenvalue weighted by molar-refractivity contribution is 0.597. The first-order chi connectivity index (χ1) is 10.6. The molecule has 0 atom stereocenters. The Morgan fingerprint density at radius 3 is 2.41 bits per heavy atom. The summed E-state index contributed by atoms with van der Waals surface area (Å²) in [5.41, 5.74) is 1.68. The van der Waals surface area contributed by atoms with Crippen LogP contribution in [0.2, 0.25) is 5.02 Å². The Balaban J connectivity index is 2.01. The number of halogens is 1. The molecule has 0 fully saturated rings. The first-order valence-corrected chi connectivity index (χ1v) is 9.22. The molecule has 0 aliphatic rings. The van der Waals surface area contributed by atoms with Gasteiger partial charge >= 0.3 is 0 Å². The first kappa shape index (κ1) is 15.1. The standard InChI is InChI=1S/C15H11ClN2O2S2/c16-13-9-5-4-8-12(13)10-22(19,20)15-14(17-18-21-15)11-6-2-1-3-7-11/h1-9H,10H2. The van der Waals surface area contributed by atoms with Crippen LogP contribution < -0.4 is 0 Å². The topological polar surface area (TPSA) is 59.9 Å². The number of aromatic nitrogens is 2. The Bertz CT molecular complexity index is 893. The van der Waals surface area contributed by atoms with E-state index in [1.54, 1.807) is 24.3 Å². The lowest BCUT2D eigenvalue weighted by atomic mass is 10.2. The molecule has 112 valence electrons. The van der Waals surface area contributed by atoms with E-state index in [1.807, 2.05) is 30.3 Å². The minimum absolute atomic E-state index is 0.165. The van der Waals surface area contributed by atoms with E-state index < -0.39 is 9.84 Å². The second-order valence-electron chi connectivity index (χ2n) is 4.63. The summed E-state index contributed by atoms with van der Waals surface area (Å²) < 4.78 is 29.3. The summed E-state index contributed by atoms with van der Waals surface area (Å²) in [4.78, 5) is 0. The second kappa shape index (κ2) is 6.16. The second-order valence-corrected chi connectivity index (χ2v) is 7.97. The minimum atomic E-state index is -3.56. The highest BCUT2D eigenvalue weighted by molar-refractivity contribution is 7.92. The average Bonchev–Trinajstić information content (AvgIpc) is 3.01. The van der Waals surface area contributed by atoms with Crippen molar-refractivity contribution in [1.29, 1.82) is 0 Å². The van der Waals surface area contributed by atoms with Gasteiger partial charge in [0.2, 0.25) is 0 Å². The number of hydrogen-bond donors (Lipinski definition) is 0. The molecule has 0 aliphatic carbocycles. The lowest BCUT2D eigenvalue weighted by Gasteiger charge is -2.05. The van der Waals surface area contributed by atoms with Crippen molar-refractivity contribution in [3.63, 3.8) is 0 Å². The Morgan fingerprint density at radius 2 is 1.68 bits per heavy atom. The van der Waals surface area contributed by atoms with Gasteiger partial charge in [-0.3, -0.25) is 0 Å². The normalized spacial score (nSPS) is 11.5. The van der Waals surface area contributed by atoms with Crippen LogP contribution in [0.1, 0.15) is 5.56 Å². The molecule has 0 amide bonds. The fraction of sp³-hybridized carbons (Fsp3) is 0.0667. The fourth-order valence-corrected chi connectivity index (χ4v) is 4.74. The largest absolute Gasteiger partial charge is 0.222 e. The van der Waals surface area contributed by atoms with Crippen LogP contribution in [0.4, 0.5) is 0 Å². The molecule has 2 aromatic carbocycles. The monoisotopic (exact) mass is 350 g/mol. The van der Waals surface area contributed by atoms with E-state index in [0.717, 1.165) is 17.1 Å². The molecule has 0 aliphatic heterocycles. The maximum atomic E-state index is 12.7. The van der Waals surface area contributed by atoms with Gasteiger partial charge in [0, 0.05) is 22.1 Å². The van der Waals surface area contributed by atoms with E-state index in [1.165, 1.54) is 0 Å². The Morgan fingerprint density at radius 1 is 1.00 bits per heavy atom. The number of sulfone groups is 1. The van der Waals surface area contributed by atoms with Crippen molar-refractivity contribution >= 4 is 33.0 Å². The van der Waals surface area contributed by atoms with E-state index in [4.69, 9.17) is 11.6 Å². The van der Waals surface area contributed by atoms with Gasteiger partial charge in [-0.1, -0.05) is 64.6 Å². The van der Waals surface area contributed by atoms with Crippen molar-refractivity contribution in [2.24, 2.45) is 0 Å². The van der Waals surface area contributed by atoms with Crippen LogP contribution >= 0.6 is 23.1 Å². The zero-order valence-electron chi connectivity index (χ0n) is 11.3. The van der Waals surface area contributed by atoms with E-state index in [0.29, 0.717) is 16.3 Å². The van der Waals surface area contributed by atoms with Crippen molar-refractivity contribution in [1.82, 2.24) is 9.59 Å². The van der Waals surface area contributed by atoms with Crippen LogP contribution in [0.25, 0.3) is 11.3 Å². The highest BCUT2D eigenvalue weighted by Gasteiger charge is 2.25. The third kappa shape index (κ3) is 3.04. The van der Waals surface area contributed by atoms with Crippen LogP contribution in [0, 0.1) is 0 Å². The van der Waals surface area contributed by atoms with Crippen LogP contribution in [-0.4, -0.2) is 18.0 Å². The molecule has 4 nitrogen and oxygen atoms in total. The van der Waals surface area contributed by atoms with Gasteiger partial charge in [0.1, 0.15) is 5.69 Å². The molecule has 22 heavy (non-hydrogen) atoms. The van der Waals surface area contributed by atoms with Gasteiger partial charge in [-0.05, 0) is 11.6 Å². The van der Waals surface area contributed by atoms with Crippen molar-refractivity contribution in [2.75, 3.05) is 0 Å². The Hall–Kier alpha value is -1.76. The quantitative estimate of drug-likeness (QED) is 0.717. The molecule has 0 saturated heterocycles. The van der Waals surface area contributed by atoms with E-state index in [9.17, 15) is 8.42 Å². The molecule has 0 saturated carbocycles. The van der Waals surface area contributed by atoms with Crippen LogP contribution in [0.3, 0.4) is 0 Å². The van der Waals surface area contributed by atoms with Gasteiger partial charge in [-0.15, -0.1) is 5.10 Å². The van der Waals surface area contributed by atoms with Gasteiger partial charge in [0.15, 0.2) is 14.0 Å². The third-order valence-electron chi connectivity index (χ3n) is 3.09. The minimum Gasteiger partial charge on any atom is -0.222 e. The average molecular weight is 351 g/mol. The molecule has 3 aromatic rings. The predicted octanol–water partition coefficient (Wildman–Crippen LogP) is 3.83. The number of benzene rings is 2. The van der Waals surface area contributed by atoms with Gasteiger partial charge < -0.3 is 0 Å². The summed E-state index contributed by atoms with van der Waals surface area (Å²) in [6.07, 6.45) is 0. The Kier molecular flexibility index (Phi) is 4.24. The van der Waals surface area contributed by atoms with Crippen LogP contribution in [0.5, 0.6) is 0 Å². The van der Waals surface area contributed by atoms with Gasteiger partial charge in [-0.2, -0.15) is 0 Å².